The second kappa shape index (κ2) is 7.41. The van der Waals surface area contributed by atoms with Crippen LogP contribution in [0.2, 0.25) is 0 Å². The first-order valence-corrected chi connectivity index (χ1v) is 9.03. The van der Waals surface area contributed by atoms with Crippen LogP contribution in [0.5, 0.6) is 0 Å². The molecular formula is C17H28N2OS. The summed E-state index contributed by atoms with van der Waals surface area (Å²) in [5.41, 5.74) is 5.66. The molecule has 1 fully saturated rings. The third kappa shape index (κ3) is 3.86. The molecule has 0 aliphatic heterocycles. The molecule has 0 radical (unpaired) electrons. The van der Waals surface area contributed by atoms with Crippen molar-refractivity contribution in [1.29, 1.82) is 0 Å². The van der Waals surface area contributed by atoms with Crippen molar-refractivity contribution in [3.8, 4) is 0 Å². The van der Waals surface area contributed by atoms with Gasteiger partial charge in [-0.25, -0.2) is 0 Å². The number of carbonyl (C=O) groups excluding carboxylic acids is 1. The summed E-state index contributed by atoms with van der Waals surface area (Å²) < 4.78 is 0. The maximum absolute atomic E-state index is 12.9. The van der Waals surface area contributed by atoms with Crippen LogP contribution in [0, 0.1) is 11.3 Å². The Morgan fingerprint density at radius 2 is 2.24 bits per heavy atom. The quantitative estimate of drug-likeness (QED) is 0.838. The largest absolute Gasteiger partial charge is 0.348 e. The summed E-state index contributed by atoms with van der Waals surface area (Å²) in [6.45, 7) is 4.90. The Hall–Kier alpha value is -0.870. The smallest absolute Gasteiger partial charge is 0.228 e. The summed E-state index contributed by atoms with van der Waals surface area (Å²) in [5.74, 6) is 0.893. The molecule has 0 aromatic carbocycles. The minimum absolute atomic E-state index is 0.144. The Labute approximate surface area is 132 Å². The highest BCUT2D eigenvalue weighted by Crippen LogP contribution is 2.39. The third-order valence-corrected chi connectivity index (χ3v) is 5.86. The molecule has 1 aromatic rings. The number of carbonyl (C=O) groups is 1. The zero-order valence-corrected chi connectivity index (χ0v) is 14.0. The van der Waals surface area contributed by atoms with E-state index in [2.05, 4.69) is 36.7 Å². The maximum Gasteiger partial charge on any atom is 0.228 e. The van der Waals surface area contributed by atoms with Gasteiger partial charge in [0.25, 0.3) is 0 Å². The molecule has 0 saturated heterocycles. The maximum atomic E-state index is 12.9. The lowest BCUT2D eigenvalue weighted by Crippen LogP contribution is -2.48. The lowest BCUT2D eigenvalue weighted by molar-refractivity contribution is -0.133. The van der Waals surface area contributed by atoms with Crippen molar-refractivity contribution >= 4 is 17.2 Å². The molecule has 1 aliphatic rings. The fraction of sp³-hybridized carbons (Fsp3) is 0.706. The van der Waals surface area contributed by atoms with Crippen LogP contribution in [0.4, 0.5) is 0 Å². The molecule has 1 saturated carbocycles. The first-order valence-electron chi connectivity index (χ1n) is 8.15. The van der Waals surface area contributed by atoms with Crippen molar-refractivity contribution in [1.82, 2.24) is 5.32 Å². The van der Waals surface area contributed by atoms with Crippen molar-refractivity contribution in [3.63, 3.8) is 0 Å². The third-order valence-electron chi connectivity index (χ3n) is 4.87. The number of nitrogens with one attached hydrogen (secondary N) is 1. The van der Waals surface area contributed by atoms with Gasteiger partial charge in [-0.1, -0.05) is 26.3 Å². The van der Waals surface area contributed by atoms with Crippen molar-refractivity contribution < 1.29 is 4.79 Å². The van der Waals surface area contributed by atoms with Gasteiger partial charge in [-0.3, -0.25) is 4.79 Å². The molecule has 3 nitrogen and oxygen atoms in total. The van der Waals surface area contributed by atoms with E-state index in [4.69, 9.17) is 5.73 Å². The van der Waals surface area contributed by atoms with E-state index in [-0.39, 0.29) is 17.4 Å². The predicted molar refractivity (Wildman–Crippen MR) is 89.2 cm³/mol. The van der Waals surface area contributed by atoms with Crippen molar-refractivity contribution in [2.24, 2.45) is 17.1 Å². The summed E-state index contributed by atoms with van der Waals surface area (Å²) in [4.78, 5) is 14.1. The Morgan fingerprint density at radius 3 is 2.76 bits per heavy atom. The molecule has 0 bridgehead atoms. The number of nitrogens with two attached hydrogens (primary N) is 1. The van der Waals surface area contributed by atoms with Crippen LogP contribution >= 0.6 is 11.3 Å². The van der Waals surface area contributed by atoms with E-state index >= 15 is 0 Å². The van der Waals surface area contributed by atoms with E-state index in [0.29, 0.717) is 6.54 Å². The van der Waals surface area contributed by atoms with Crippen LogP contribution in [-0.2, 0) is 4.79 Å². The summed E-state index contributed by atoms with van der Waals surface area (Å²) in [5, 5.41) is 5.36. The molecule has 1 unspecified atom stereocenters. The fourth-order valence-corrected chi connectivity index (χ4v) is 4.03. The van der Waals surface area contributed by atoms with Gasteiger partial charge in [0.15, 0.2) is 0 Å². The van der Waals surface area contributed by atoms with Crippen LogP contribution in [0.1, 0.15) is 63.3 Å². The second-order valence-corrected chi connectivity index (χ2v) is 7.48. The highest BCUT2D eigenvalue weighted by molar-refractivity contribution is 7.10. The molecular weight excluding hydrogens is 280 g/mol. The molecule has 0 spiro atoms. The predicted octanol–water partition coefficient (Wildman–Crippen LogP) is 3.86. The molecule has 4 heteroatoms. The zero-order chi connectivity index (χ0) is 15.3. The molecule has 21 heavy (non-hydrogen) atoms. The summed E-state index contributed by atoms with van der Waals surface area (Å²) in [7, 11) is 0. The number of amides is 1. The minimum atomic E-state index is -0.338. The lowest BCUT2D eigenvalue weighted by atomic mass is 9.70. The van der Waals surface area contributed by atoms with Crippen molar-refractivity contribution in [2.45, 2.75) is 58.4 Å². The highest BCUT2D eigenvalue weighted by atomic mass is 32.1. The van der Waals surface area contributed by atoms with Gasteiger partial charge in [-0.15, -0.1) is 11.3 Å². The van der Waals surface area contributed by atoms with Gasteiger partial charge < -0.3 is 11.1 Å². The van der Waals surface area contributed by atoms with E-state index < -0.39 is 0 Å². The SMILES string of the molecule is CCCC(NC(=O)C1(CN)CCC(C)CC1)c1cccs1. The fourth-order valence-electron chi connectivity index (χ4n) is 3.21. The molecule has 2 rings (SSSR count). The molecule has 1 amide bonds. The van der Waals surface area contributed by atoms with Crippen LogP contribution in [-0.4, -0.2) is 12.5 Å². The van der Waals surface area contributed by atoms with Crippen LogP contribution < -0.4 is 11.1 Å². The molecule has 1 heterocycles. The van der Waals surface area contributed by atoms with Crippen LogP contribution in [0.15, 0.2) is 17.5 Å². The summed E-state index contributed by atoms with van der Waals surface area (Å²) in [6, 6.07) is 4.31. The van der Waals surface area contributed by atoms with E-state index in [9.17, 15) is 4.79 Å². The standard InChI is InChI=1S/C17H28N2OS/c1-3-5-14(15-6-4-11-21-15)19-16(20)17(12-18)9-7-13(2)8-10-17/h4,6,11,13-14H,3,5,7-10,12,18H2,1-2H3,(H,19,20). The number of hydrogen-bond acceptors (Lipinski definition) is 3. The monoisotopic (exact) mass is 308 g/mol. The summed E-state index contributed by atoms with van der Waals surface area (Å²) in [6.07, 6.45) is 6.14. The van der Waals surface area contributed by atoms with Gasteiger partial charge in [0.1, 0.15) is 0 Å². The number of rotatable bonds is 6. The molecule has 118 valence electrons. The van der Waals surface area contributed by atoms with Crippen LogP contribution in [0.25, 0.3) is 0 Å². The Balaban J connectivity index is 2.06. The van der Waals surface area contributed by atoms with Gasteiger partial charge in [0.05, 0.1) is 11.5 Å². The number of thiophene rings is 1. The highest BCUT2D eigenvalue weighted by Gasteiger charge is 2.40. The van der Waals surface area contributed by atoms with Crippen molar-refractivity contribution in [2.75, 3.05) is 6.54 Å². The van der Waals surface area contributed by atoms with Gasteiger partial charge >= 0.3 is 0 Å². The summed E-state index contributed by atoms with van der Waals surface area (Å²) >= 11 is 1.72. The van der Waals surface area contributed by atoms with E-state index in [1.165, 1.54) is 4.88 Å². The average Bonchev–Trinajstić information content (AvgIpc) is 3.02. The Morgan fingerprint density at radius 1 is 1.52 bits per heavy atom. The average molecular weight is 308 g/mol. The number of hydrogen-bond donors (Lipinski definition) is 2. The normalized spacial score (nSPS) is 27.3. The Bertz CT molecular complexity index is 436. The van der Waals surface area contributed by atoms with Crippen molar-refractivity contribution in [3.05, 3.63) is 22.4 Å². The van der Waals surface area contributed by atoms with Crippen LogP contribution in [0.3, 0.4) is 0 Å². The molecule has 1 aliphatic carbocycles. The van der Waals surface area contributed by atoms with Gasteiger partial charge in [0, 0.05) is 11.4 Å². The zero-order valence-electron chi connectivity index (χ0n) is 13.2. The lowest BCUT2D eigenvalue weighted by Gasteiger charge is -2.38. The molecule has 1 atom stereocenters. The Kier molecular flexibility index (Phi) is 5.82. The topological polar surface area (TPSA) is 55.1 Å². The van der Waals surface area contributed by atoms with Gasteiger partial charge in [-0.05, 0) is 49.5 Å². The van der Waals surface area contributed by atoms with E-state index in [1.54, 1.807) is 11.3 Å². The first-order chi connectivity index (χ1) is 10.1. The molecule has 1 aromatic heterocycles. The van der Waals surface area contributed by atoms with Gasteiger partial charge in [-0.2, -0.15) is 0 Å². The van der Waals surface area contributed by atoms with Gasteiger partial charge in [0.2, 0.25) is 5.91 Å². The first kappa shape index (κ1) is 16.5. The van der Waals surface area contributed by atoms with E-state index in [1.807, 2.05) is 0 Å². The second-order valence-electron chi connectivity index (χ2n) is 6.50. The molecule has 3 N–H and O–H groups in total. The minimum Gasteiger partial charge on any atom is -0.348 e. The van der Waals surface area contributed by atoms with E-state index in [0.717, 1.165) is 44.4 Å².